The Kier molecular flexibility index (Phi) is 56.2. The smallest absolute Gasteiger partial charge is 0.306 e. The van der Waals surface area contributed by atoms with Crippen LogP contribution in [-0.2, 0) is 28.6 Å². The third-order valence-corrected chi connectivity index (χ3v) is 13.6. The summed E-state index contributed by atoms with van der Waals surface area (Å²) in [5.41, 5.74) is 0. The maximum absolute atomic E-state index is 12.8. The van der Waals surface area contributed by atoms with Crippen molar-refractivity contribution in [2.75, 3.05) is 13.2 Å². The van der Waals surface area contributed by atoms with Crippen molar-refractivity contribution in [3.05, 3.63) is 36.5 Å². The van der Waals surface area contributed by atoms with Crippen LogP contribution >= 0.6 is 0 Å². The van der Waals surface area contributed by atoms with Crippen LogP contribution in [0.25, 0.3) is 0 Å². The zero-order valence-corrected chi connectivity index (χ0v) is 46.3. The maximum atomic E-state index is 12.8. The fourth-order valence-corrected chi connectivity index (χ4v) is 9.04. The number of allylic oxidation sites excluding steroid dienone is 6. The third kappa shape index (κ3) is 56.4. The zero-order valence-electron chi connectivity index (χ0n) is 46.3. The molecule has 404 valence electrons. The predicted molar refractivity (Wildman–Crippen MR) is 298 cm³/mol. The molecule has 0 amide bonds. The minimum atomic E-state index is -0.767. The van der Waals surface area contributed by atoms with Crippen molar-refractivity contribution in [1.29, 1.82) is 0 Å². The van der Waals surface area contributed by atoms with Crippen molar-refractivity contribution < 1.29 is 28.6 Å². The number of hydrogen-bond donors (Lipinski definition) is 0. The van der Waals surface area contributed by atoms with Crippen molar-refractivity contribution in [3.8, 4) is 0 Å². The number of hydrogen-bond acceptors (Lipinski definition) is 6. The van der Waals surface area contributed by atoms with E-state index in [4.69, 9.17) is 14.2 Å². The molecule has 0 aromatic carbocycles. The van der Waals surface area contributed by atoms with Gasteiger partial charge in [0.25, 0.3) is 0 Å². The minimum Gasteiger partial charge on any atom is -0.462 e. The quantitative estimate of drug-likeness (QED) is 0.0261. The number of ether oxygens (including phenoxy) is 3. The standard InChI is InChI=1S/C63H116O6/c1-4-7-10-13-16-19-21-23-25-27-28-29-30-31-32-33-34-35-36-37-39-40-42-44-47-50-53-56-62(65)68-59-60(58-67-61(64)55-52-49-46-18-15-12-9-6-3)69-63(66)57-54-51-48-45-43-41-38-26-24-22-20-17-14-11-8-5-2/h21,23,27-28,30-31,60H,4-20,22,24-26,29,32-59H2,1-3H3/b23-21-,28-27-,31-30-. The highest BCUT2D eigenvalue weighted by atomic mass is 16.6. The Morgan fingerprint density at radius 2 is 0.522 bits per heavy atom. The number of unbranched alkanes of at least 4 members (excludes halogenated alkanes) is 39. The Hall–Kier alpha value is -2.37. The Labute approximate surface area is 429 Å². The van der Waals surface area contributed by atoms with Gasteiger partial charge in [0.15, 0.2) is 6.10 Å². The number of carbonyl (C=O) groups excluding carboxylic acids is 3. The Morgan fingerprint density at radius 1 is 0.290 bits per heavy atom. The molecule has 0 saturated heterocycles. The predicted octanol–water partition coefficient (Wildman–Crippen LogP) is 20.4. The van der Waals surface area contributed by atoms with E-state index in [0.29, 0.717) is 19.3 Å². The molecular weight excluding hydrogens is 853 g/mol. The number of esters is 3. The molecule has 1 unspecified atom stereocenters. The topological polar surface area (TPSA) is 78.9 Å². The van der Waals surface area contributed by atoms with E-state index in [9.17, 15) is 14.4 Å². The van der Waals surface area contributed by atoms with Gasteiger partial charge in [-0.15, -0.1) is 0 Å². The lowest BCUT2D eigenvalue weighted by Gasteiger charge is -2.18. The van der Waals surface area contributed by atoms with Crippen LogP contribution in [0.1, 0.15) is 329 Å². The van der Waals surface area contributed by atoms with Gasteiger partial charge in [0.2, 0.25) is 0 Å². The van der Waals surface area contributed by atoms with Crippen LogP contribution in [0.3, 0.4) is 0 Å². The monoisotopic (exact) mass is 969 g/mol. The SMILES string of the molecule is CCCCCCC/C=C\C/C=C\C/C=C\CCCCCCCCCCCCCCC(=O)OCC(COC(=O)CCCCCCCCCC)OC(=O)CCCCCCCCCCCCCCCCCC. The molecular formula is C63H116O6. The van der Waals surface area contributed by atoms with E-state index in [-0.39, 0.29) is 31.1 Å². The van der Waals surface area contributed by atoms with E-state index in [0.717, 1.165) is 70.6 Å². The molecule has 0 aromatic rings. The molecule has 0 rings (SSSR count). The fourth-order valence-electron chi connectivity index (χ4n) is 9.04. The van der Waals surface area contributed by atoms with Crippen LogP contribution < -0.4 is 0 Å². The first-order valence-corrected chi connectivity index (χ1v) is 30.5. The van der Waals surface area contributed by atoms with Crippen molar-refractivity contribution in [2.45, 2.75) is 335 Å². The van der Waals surface area contributed by atoms with E-state index in [2.05, 4.69) is 57.2 Å². The molecule has 6 nitrogen and oxygen atoms in total. The van der Waals surface area contributed by atoms with Crippen LogP contribution in [0.5, 0.6) is 0 Å². The van der Waals surface area contributed by atoms with Crippen LogP contribution in [-0.4, -0.2) is 37.2 Å². The van der Waals surface area contributed by atoms with E-state index in [1.165, 1.54) is 218 Å². The highest BCUT2D eigenvalue weighted by Gasteiger charge is 2.19. The first-order valence-electron chi connectivity index (χ1n) is 30.5. The summed E-state index contributed by atoms with van der Waals surface area (Å²) in [5, 5.41) is 0. The summed E-state index contributed by atoms with van der Waals surface area (Å²) in [6, 6.07) is 0. The van der Waals surface area contributed by atoms with E-state index in [1.807, 2.05) is 0 Å². The van der Waals surface area contributed by atoms with Gasteiger partial charge in [-0.25, -0.2) is 0 Å². The van der Waals surface area contributed by atoms with E-state index in [1.54, 1.807) is 0 Å². The first kappa shape index (κ1) is 66.6. The van der Waals surface area contributed by atoms with Crippen LogP contribution in [0.2, 0.25) is 0 Å². The lowest BCUT2D eigenvalue weighted by atomic mass is 10.0. The second-order valence-electron chi connectivity index (χ2n) is 20.6. The summed E-state index contributed by atoms with van der Waals surface area (Å²) < 4.78 is 16.8. The molecule has 0 radical (unpaired) electrons. The van der Waals surface area contributed by atoms with Gasteiger partial charge in [-0.3, -0.25) is 14.4 Å². The van der Waals surface area contributed by atoms with Crippen molar-refractivity contribution >= 4 is 17.9 Å². The summed E-state index contributed by atoms with van der Waals surface area (Å²) in [6.45, 7) is 6.64. The van der Waals surface area contributed by atoms with Crippen molar-refractivity contribution in [2.24, 2.45) is 0 Å². The molecule has 6 heteroatoms. The van der Waals surface area contributed by atoms with Gasteiger partial charge in [-0.2, -0.15) is 0 Å². The largest absolute Gasteiger partial charge is 0.462 e. The summed E-state index contributed by atoms with van der Waals surface area (Å²) in [7, 11) is 0. The Bertz CT molecular complexity index is 1160. The first-order chi connectivity index (χ1) is 34.0. The van der Waals surface area contributed by atoms with Crippen LogP contribution in [0.15, 0.2) is 36.5 Å². The highest BCUT2D eigenvalue weighted by molar-refractivity contribution is 5.71. The van der Waals surface area contributed by atoms with E-state index >= 15 is 0 Å². The minimum absolute atomic E-state index is 0.0677. The highest BCUT2D eigenvalue weighted by Crippen LogP contribution is 2.17. The van der Waals surface area contributed by atoms with Crippen molar-refractivity contribution in [1.82, 2.24) is 0 Å². The van der Waals surface area contributed by atoms with Gasteiger partial charge in [0.05, 0.1) is 0 Å². The molecule has 0 aliphatic heterocycles. The van der Waals surface area contributed by atoms with Gasteiger partial charge >= 0.3 is 17.9 Å². The zero-order chi connectivity index (χ0) is 50.0. The van der Waals surface area contributed by atoms with E-state index < -0.39 is 6.10 Å². The molecule has 0 aliphatic carbocycles. The summed E-state index contributed by atoms with van der Waals surface area (Å²) in [6.07, 6.45) is 70.2. The molecule has 0 saturated carbocycles. The summed E-state index contributed by atoms with van der Waals surface area (Å²) in [5.74, 6) is -0.855. The summed E-state index contributed by atoms with van der Waals surface area (Å²) >= 11 is 0. The van der Waals surface area contributed by atoms with Gasteiger partial charge in [0.1, 0.15) is 13.2 Å². The average Bonchev–Trinajstić information content (AvgIpc) is 3.35. The van der Waals surface area contributed by atoms with Crippen LogP contribution in [0.4, 0.5) is 0 Å². The lowest BCUT2D eigenvalue weighted by molar-refractivity contribution is -0.167. The molecule has 0 aromatic heterocycles. The Morgan fingerprint density at radius 3 is 0.812 bits per heavy atom. The normalized spacial score (nSPS) is 12.2. The maximum Gasteiger partial charge on any atom is 0.306 e. The number of rotatable bonds is 56. The molecule has 69 heavy (non-hydrogen) atoms. The molecule has 0 aliphatic rings. The molecule has 0 bridgehead atoms. The summed E-state index contributed by atoms with van der Waals surface area (Å²) in [4.78, 5) is 38.0. The molecule has 0 N–H and O–H groups in total. The second kappa shape index (κ2) is 58.2. The van der Waals surface area contributed by atoms with Crippen molar-refractivity contribution in [3.63, 3.8) is 0 Å². The fraction of sp³-hybridized carbons (Fsp3) is 0.857. The molecule has 0 spiro atoms. The van der Waals surface area contributed by atoms with Gasteiger partial charge < -0.3 is 14.2 Å². The number of carbonyl (C=O) groups is 3. The third-order valence-electron chi connectivity index (χ3n) is 13.6. The van der Waals surface area contributed by atoms with Gasteiger partial charge in [0, 0.05) is 19.3 Å². The molecule has 0 fully saturated rings. The lowest BCUT2D eigenvalue weighted by Crippen LogP contribution is -2.30. The molecule has 1 atom stereocenters. The van der Waals surface area contributed by atoms with Gasteiger partial charge in [-0.05, 0) is 57.8 Å². The van der Waals surface area contributed by atoms with Crippen LogP contribution in [0, 0.1) is 0 Å². The molecule has 0 heterocycles. The average molecular weight is 970 g/mol. The second-order valence-corrected chi connectivity index (χ2v) is 20.6. The Balaban J connectivity index is 4.12. The van der Waals surface area contributed by atoms with Gasteiger partial charge in [-0.1, -0.05) is 288 Å².